The number of nitro benzene ring substituents is 1. The first-order valence-corrected chi connectivity index (χ1v) is 6.91. The molecule has 114 valence electrons. The molecule has 0 aliphatic carbocycles. The van der Waals surface area contributed by atoms with Gasteiger partial charge in [-0.1, -0.05) is 0 Å². The Balaban J connectivity index is 2.11. The minimum atomic E-state index is -1.09. The van der Waals surface area contributed by atoms with Crippen LogP contribution in [0.1, 0.15) is 23.2 Å². The molecular formula is C14H19N3O4. The van der Waals surface area contributed by atoms with Crippen LogP contribution in [0.3, 0.4) is 0 Å². The van der Waals surface area contributed by atoms with Crippen LogP contribution < -0.4 is 5.32 Å². The number of nitrogens with one attached hydrogen (secondary N) is 1. The van der Waals surface area contributed by atoms with E-state index in [0.717, 1.165) is 25.9 Å². The molecule has 2 rings (SSSR count). The average molecular weight is 293 g/mol. The summed E-state index contributed by atoms with van der Waals surface area (Å²) in [6, 6.07) is 3.81. The van der Waals surface area contributed by atoms with E-state index in [2.05, 4.69) is 17.3 Å². The van der Waals surface area contributed by atoms with Crippen molar-refractivity contribution in [3.05, 3.63) is 33.9 Å². The molecule has 7 nitrogen and oxygen atoms in total. The summed E-state index contributed by atoms with van der Waals surface area (Å²) in [5, 5.41) is 23.1. The Hall–Kier alpha value is -2.15. The lowest BCUT2D eigenvalue weighted by molar-refractivity contribution is -0.384. The number of hydrogen-bond acceptors (Lipinski definition) is 5. The predicted octanol–water partition coefficient (Wildman–Crippen LogP) is 2.05. The third-order valence-electron chi connectivity index (χ3n) is 3.74. The van der Waals surface area contributed by atoms with Crippen molar-refractivity contribution >= 4 is 17.3 Å². The van der Waals surface area contributed by atoms with Gasteiger partial charge in [-0.05, 0) is 44.5 Å². The Labute approximate surface area is 122 Å². The molecule has 1 fully saturated rings. The van der Waals surface area contributed by atoms with Crippen molar-refractivity contribution < 1.29 is 14.8 Å². The molecule has 7 heteroatoms. The molecule has 0 amide bonds. The Morgan fingerprint density at radius 1 is 1.57 bits per heavy atom. The molecule has 0 spiro atoms. The molecule has 1 saturated heterocycles. The van der Waals surface area contributed by atoms with Gasteiger partial charge in [-0.25, -0.2) is 4.79 Å². The van der Waals surface area contributed by atoms with E-state index in [1.54, 1.807) is 0 Å². The monoisotopic (exact) mass is 293 g/mol. The number of anilines is 1. The topological polar surface area (TPSA) is 95.7 Å². The Kier molecular flexibility index (Phi) is 4.74. The van der Waals surface area contributed by atoms with E-state index in [-0.39, 0.29) is 16.9 Å². The van der Waals surface area contributed by atoms with E-state index in [9.17, 15) is 14.9 Å². The molecule has 1 heterocycles. The van der Waals surface area contributed by atoms with Gasteiger partial charge in [0, 0.05) is 19.2 Å². The summed E-state index contributed by atoms with van der Waals surface area (Å²) in [6.07, 6.45) is 2.18. The first-order valence-electron chi connectivity index (χ1n) is 6.91. The van der Waals surface area contributed by atoms with Crippen LogP contribution in [-0.4, -0.2) is 47.6 Å². The first kappa shape index (κ1) is 15.2. The van der Waals surface area contributed by atoms with E-state index in [0.29, 0.717) is 12.5 Å². The normalized spacial score (nSPS) is 19.2. The molecule has 2 N–H and O–H groups in total. The van der Waals surface area contributed by atoms with Crippen LogP contribution in [0.15, 0.2) is 18.2 Å². The Morgan fingerprint density at radius 2 is 2.33 bits per heavy atom. The number of carbonyl (C=O) groups is 1. The van der Waals surface area contributed by atoms with Gasteiger partial charge in [0.25, 0.3) is 5.69 Å². The number of carboxylic acids is 1. The second-order valence-electron chi connectivity index (χ2n) is 5.45. The highest BCUT2D eigenvalue weighted by atomic mass is 16.6. The van der Waals surface area contributed by atoms with Crippen LogP contribution in [0, 0.1) is 16.0 Å². The van der Waals surface area contributed by atoms with Crippen LogP contribution >= 0.6 is 0 Å². The van der Waals surface area contributed by atoms with E-state index in [1.807, 2.05) is 0 Å². The van der Waals surface area contributed by atoms with Crippen molar-refractivity contribution in [1.82, 2.24) is 4.90 Å². The van der Waals surface area contributed by atoms with Gasteiger partial charge >= 0.3 is 5.97 Å². The fourth-order valence-corrected chi connectivity index (χ4v) is 2.66. The number of piperidine rings is 1. The zero-order chi connectivity index (χ0) is 15.4. The zero-order valence-corrected chi connectivity index (χ0v) is 11.9. The Bertz CT molecular complexity index is 547. The molecule has 0 aromatic heterocycles. The largest absolute Gasteiger partial charge is 0.478 e. The summed E-state index contributed by atoms with van der Waals surface area (Å²) in [5.74, 6) is -0.679. The number of rotatable bonds is 5. The molecule has 0 bridgehead atoms. The fourth-order valence-electron chi connectivity index (χ4n) is 2.66. The third kappa shape index (κ3) is 3.91. The first-order chi connectivity index (χ1) is 9.97. The smallest absolute Gasteiger partial charge is 0.335 e. The fraction of sp³-hybridized carbons (Fsp3) is 0.500. The second kappa shape index (κ2) is 6.53. The number of benzene rings is 1. The number of hydrogen-bond donors (Lipinski definition) is 2. The van der Waals surface area contributed by atoms with Gasteiger partial charge < -0.3 is 15.3 Å². The predicted molar refractivity (Wildman–Crippen MR) is 78.8 cm³/mol. The van der Waals surface area contributed by atoms with Gasteiger partial charge in [-0.2, -0.15) is 0 Å². The van der Waals surface area contributed by atoms with Crippen molar-refractivity contribution in [2.24, 2.45) is 5.92 Å². The second-order valence-corrected chi connectivity index (χ2v) is 5.45. The summed E-state index contributed by atoms with van der Waals surface area (Å²) in [4.78, 5) is 23.7. The molecule has 0 saturated carbocycles. The van der Waals surface area contributed by atoms with Crippen LogP contribution in [0.4, 0.5) is 11.4 Å². The van der Waals surface area contributed by atoms with Crippen molar-refractivity contribution in [1.29, 1.82) is 0 Å². The van der Waals surface area contributed by atoms with Crippen molar-refractivity contribution in [3.63, 3.8) is 0 Å². The molecule has 1 aromatic carbocycles. The van der Waals surface area contributed by atoms with Crippen LogP contribution in [-0.2, 0) is 0 Å². The summed E-state index contributed by atoms with van der Waals surface area (Å²) in [5.41, 5.74) is 0.223. The third-order valence-corrected chi connectivity index (χ3v) is 3.74. The molecule has 1 atom stereocenters. The van der Waals surface area contributed by atoms with Gasteiger partial charge in [0.05, 0.1) is 10.5 Å². The van der Waals surface area contributed by atoms with E-state index in [1.165, 1.54) is 18.2 Å². The molecule has 1 aliphatic heterocycles. The van der Waals surface area contributed by atoms with Crippen LogP contribution in [0.5, 0.6) is 0 Å². The number of nitrogens with zero attached hydrogens (tertiary/aromatic N) is 2. The van der Waals surface area contributed by atoms with Crippen molar-refractivity contribution in [3.8, 4) is 0 Å². The van der Waals surface area contributed by atoms with E-state index in [4.69, 9.17) is 5.11 Å². The van der Waals surface area contributed by atoms with E-state index >= 15 is 0 Å². The van der Waals surface area contributed by atoms with E-state index < -0.39 is 10.9 Å². The summed E-state index contributed by atoms with van der Waals surface area (Å²) in [7, 11) is 2.06. The highest BCUT2D eigenvalue weighted by Crippen LogP contribution is 2.26. The zero-order valence-electron chi connectivity index (χ0n) is 11.9. The minimum Gasteiger partial charge on any atom is -0.478 e. The maximum Gasteiger partial charge on any atom is 0.335 e. The molecule has 1 unspecified atom stereocenters. The highest BCUT2D eigenvalue weighted by molar-refractivity contribution is 5.90. The standard InChI is InChI=1S/C14H19N3O4/c1-16-6-2-3-10(9-16)8-15-12-7-11(14(18)19)4-5-13(12)17(20)21/h4-5,7,10,15H,2-3,6,8-9H2,1H3,(H,18,19). The number of aromatic carboxylic acids is 1. The van der Waals surface area contributed by atoms with Crippen molar-refractivity contribution in [2.45, 2.75) is 12.8 Å². The Morgan fingerprint density at radius 3 is 2.95 bits per heavy atom. The highest BCUT2D eigenvalue weighted by Gasteiger charge is 2.20. The number of carboxylic acid groups (broad SMARTS) is 1. The van der Waals surface area contributed by atoms with Gasteiger partial charge in [0.2, 0.25) is 0 Å². The molecule has 1 aliphatic rings. The quantitative estimate of drug-likeness (QED) is 0.637. The van der Waals surface area contributed by atoms with Crippen LogP contribution in [0.2, 0.25) is 0 Å². The molecular weight excluding hydrogens is 274 g/mol. The van der Waals surface area contributed by atoms with Crippen LogP contribution in [0.25, 0.3) is 0 Å². The lowest BCUT2D eigenvalue weighted by Crippen LogP contribution is -2.35. The molecule has 21 heavy (non-hydrogen) atoms. The number of likely N-dealkylation sites (tertiary alicyclic amines) is 1. The van der Waals surface area contributed by atoms with Gasteiger partial charge in [-0.15, -0.1) is 0 Å². The summed E-state index contributed by atoms with van der Waals surface area (Å²) >= 11 is 0. The minimum absolute atomic E-state index is 0.0452. The molecule has 0 radical (unpaired) electrons. The summed E-state index contributed by atoms with van der Waals surface area (Å²) < 4.78 is 0. The van der Waals surface area contributed by atoms with Crippen molar-refractivity contribution in [2.75, 3.05) is 32.0 Å². The number of nitro groups is 1. The SMILES string of the molecule is CN1CCCC(CNc2cc(C(=O)O)ccc2[N+](=O)[O-])C1. The van der Waals surface area contributed by atoms with Gasteiger partial charge in [-0.3, -0.25) is 10.1 Å². The van der Waals surface area contributed by atoms with Gasteiger partial charge in [0.15, 0.2) is 0 Å². The average Bonchev–Trinajstić information content (AvgIpc) is 2.44. The van der Waals surface area contributed by atoms with Gasteiger partial charge in [0.1, 0.15) is 5.69 Å². The lowest BCUT2D eigenvalue weighted by atomic mass is 9.98. The molecule has 1 aromatic rings. The maximum absolute atomic E-state index is 11.0. The lowest BCUT2D eigenvalue weighted by Gasteiger charge is -2.29. The summed E-state index contributed by atoms with van der Waals surface area (Å²) in [6.45, 7) is 2.62. The maximum atomic E-state index is 11.0.